The highest BCUT2D eigenvalue weighted by molar-refractivity contribution is 5.94. The third-order valence-electron chi connectivity index (χ3n) is 2.11. The average molecular weight is 271 g/mol. The molecule has 0 bridgehead atoms. The van der Waals surface area contributed by atoms with Crippen molar-refractivity contribution in [3.8, 4) is 18.1 Å². The van der Waals surface area contributed by atoms with Gasteiger partial charge in [0.2, 0.25) is 0 Å². The van der Waals surface area contributed by atoms with E-state index in [1.165, 1.54) is 12.1 Å². The van der Waals surface area contributed by atoms with Crippen molar-refractivity contribution < 1.29 is 22.7 Å². The maximum Gasteiger partial charge on any atom is 0.573 e. The highest BCUT2D eigenvalue weighted by Gasteiger charge is 2.31. The fourth-order valence-electron chi connectivity index (χ4n) is 1.33. The summed E-state index contributed by atoms with van der Waals surface area (Å²) in [6.07, 6.45) is 1.41. The van der Waals surface area contributed by atoms with Crippen molar-refractivity contribution in [3.63, 3.8) is 0 Å². The number of unbranched alkanes of at least 4 members (excludes halogenated alkanes) is 1. The van der Waals surface area contributed by atoms with Crippen LogP contribution in [0.25, 0.3) is 0 Å². The summed E-state index contributed by atoms with van der Waals surface area (Å²) in [5.41, 5.74) is 0.0995. The summed E-state index contributed by atoms with van der Waals surface area (Å²) in [6, 6.07) is 4.88. The number of amides is 1. The molecule has 0 unspecified atom stereocenters. The predicted octanol–water partition coefficient (Wildman–Crippen LogP) is 2.73. The number of carbonyl (C=O) groups excluding carboxylic acids is 1. The minimum atomic E-state index is -4.78. The van der Waals surface area contributed by atoms with Crippen molar-refractivity contribution in [1.29, 1.82) is 0 Å². The lowest BCUT2D eigenvalue weighted by Crippen LogP contribution is -2.24. The Morgan fingerprint density at radius 3 is 2.79 bits per heavy atom. The van der Waals surface area contributed by atoms with Crippen LogP contribution in [0.15, 0.2) is 24.3 Å². The second-order valence-corrected chi connectivity index (χ2v) is 3.64. The molecule has 0 heterocycles. The minimum absolute atomic E-state index is 0.0995. The zero-order valence-electron chi connectivity index (χ0n) is 9.96. The van der Waals surface area contributed by atoms with E-state index in [1.54, 1.807) is 0 Å². The van der Waals surface area contributed by atoms with Gasteiger partial charge in [-0.1, -0.05) is 6.07 Å². The van der Waals surface area contributed by atoms with Crippen molar-refractivity contribution in [2.45, 2.75) is 19.2 Å². The quantitative estimate of drug-likeness (QED) is 0.660. The Balaban J connectivity index is 2.61. The molecular formula is C13H12F3NO2. The number of benzene rings is 1. The van der Waals surface area contributed by atoms with Gasteiger partial charge >= 0.3 is 6.36 Å². The van der Waals surface area contributed by atoms with E-state index < -0.39 is 18.0 Å². The number of alkyl halides is 3. The second-order valence-electron chi connectivity index (χ2n) is 3.64. The second kappa shape index (κ2) is 6.69. The number of hydrogen-bond donors (Lipinski definition) is 1. The lowest BCUT2D eigenvalue weighted by Gasteiger charge is -2.10. The first-order valence-corrected chi connectivity index (χ1v) is 5.50. The van der Waals surface area contributed by atoms with E-state index in [0.717, 1.165) is 12.1 Å². The molecule has 6 heteroatoms. The van der Waals surface area contributed by atoms with E-state index in [1.807, 2.05) is 0 Å². The van der Waals surface area contributed by atoms with Crippen LogP contribution in [0.4, 0.5) is 13.2 Å². The van der Waals surface area contributed by atoms with Gasteiger partial charge in [0.1, 0.15) is 5.75 Å². The van der Waals surface area contributed by atoms with Crippen LogP contribution in [0.5, 0.6) is 5.75 Å². The van der Waals surface area contributed by atoms with Crippen molar-refractivity contribution in [2.24, 2.45) is 0 Å². The van der Waals surface area contributed by atoms with Gasteiger partial charge in [-0.25, -0.2) is 0 Å². The highest BCUT2D eigenvalue weighted by atomic mass is 19.4. The number of nitrogens with one attached hydrogen (secondary N) is 1. The topological polar surface area (TPSA) is 38.3 Å². The fraction of sp³-hybridized carbons (Fsp3) is 0.308. The summed E-state index contributed by atoms with van der Waals surface area (Å²) in [4.78, 5) is 11.6. The normalized spacial score (nSPS) is 10.6. The average Bonchev–Trinajstić information content (AvgIpc) is 2.32. The molecule has 0 radical (unpaired) electrons. The number of carbonyl (C=O) groups is 1. The Bertz CT molecular complexity index is 478. The van der Waals surface area contributed by atoms with Gasteiger partial charge in [-0.15, -0.1) is 25.5 Å². The molecule has 19 heavy (non-hydrogen) atoms. The zero-order valence-corrected chi connectivity index (χ0v) is 9.96. The maximum atomic E-state index is 12.0. The van der Waals surface area contributed by atoms with E-state index in [0.29, 0.717) is 19.4 Å². The maximum absolute atomic E-state index is 12.0. The smallest absolute Gasteiger partial charge is 0.406 e. The monoisotopic (exact) mass is 271 g/mol. The molecule has 0 aliphatic heterocycles. The number of halogens is 3. The molecule has 0 aliphatic carbocycles. The van der Waals surface area contributed by atoms with Crippen LogP contribution in [-0.2, 0) is 0 Å². The first kappa shape index (κ1) is 14.9. The van der Waals surface area contributed by atoms with Gasteiger partial charge in [-0.2, -0.15) is 0 Å². The van der Waals surface area contributed by atoms with Crippen molar-refractivity contribution in [3.05, 3.63) is 29.8 Å². The molecule has 1 aromatic rings. The van der Waals surface area contributed by atoms with Gasteiger partial charge in [-0.3, -0.25) is 4.79 Å². The Labute approximate surface area is 108 Å². The molecule has 3 nitrogen and oxygen atoms in total. The van der Waals surface area contributed by atoms with Crippen molar-refractivity contribution in [1.82, 2.24) is 5.32 Å². The lowest BCUT2D eigenvalue weighted by molar-refractivity contribution is -0.274. The summed E-state index contributed by atoms with van der Waals surface area (Å²) >= 11 is 0. The van der Waals surface area contributed by atoms with Crippen LogP contribution in [0, 0.1) is 12.3 Å². The van der Waals surface area contributed by atoms with Crippen molar-refractivity contribution in [2.75, 3.05) is 6.54 Å². The highest BCUT2D eigenvalue weighted by Crippen LogP contribution is 2.23. The first-order valence-electron chi connectivity index (χ1n) is 5.50. The van der Waals surface area contributed by atoms with Gasteiger partial charge in [0, 0.05) is 18.5 Å². The van der Waals surface area contributed by atoms with Gasteiger partial charge in [0.15, 0.2) is 0 Å². The largest absolute Gasteiger partial charge is 0.573 e. The number of ether oxygens (including phenoxy) is 1. The molecule has 0 saturated heterocycles. The van der Waals surface area contributed by atoms with Crippen LogP contribution < -0.4 is 10.1 Å². The fourth-order valence-corrected chi connectivity index (χ4v) is 1.33. The molecule has 0 fully saturated rings. The Hall–Kier alpha value is -2.16. The Kier molecular flexibility index (Phi) is 5.24. The van der Waals surface area contributed by atoms with Crippen LogP contribution in [0.3, 0.4) is 0 Å². The summed E-state index contributed by atoms with van der Waals surface area (Å²) in [7, 11) is 0. The van der Waals surface area contributed by atoms with Crippen LogP contribution in [-0.4, -0.2) is 18.8 Å². The van der Waals surface area contributed by atoms with Crippen molar-refractivity contribution >= 4 is 5.91 Å². The molecule has 1 N–H and O–H groups in total. The SMILES string of the molecule is C#CCCCNC(=O)c1cccc(OC(F)(F)F)c1. The number of hydrogen-bond acceptors (Lipinski definition) is 2. The van der Waals surface area contributed by atoms with Gasteiger partial charge in [-0.05, 0) is 24.6 Å². The van der Waals surface area contributed by atoms with E-state index in [-0.39, 0.29) is 5.56 Å². The molecule has 0 saturated carbocycles. The number of rotatable bonds is 5. The molecule has 0 atom stereocenters. The molecule has 0 spiro atoms. The van der Waals surface area contributed by atoms with Crippen LogP contribution >= 0.6 is 0 Å². The minimum Gasteiger partial charge on any atom is -0.406 e. The molecule has 1 aromatic carbocycles. The zero-order chi connectivity index (χ0) is 14.3. The predicted molar refractivity (Wildman–Crippen MR) is 63.5 cm³/mol. The number of terminal acetylenes is 1. The Morgan fingerprint density at radius 1 is 1.42 bits per heavy atom. The first-order chi connectivity index (χ1) is 8.92. The third-order valence-corrected chi connectivity index (χ3v) is 2.11. The van der Waals surface area contributed by atoms with E-state index in [9.17, 15) is 18.0 Å². The molecule has 0 aromatic heterocycles. The molecule has 102 valence electrons. The molecule has 0 aliphatic rings. The molecular weight excluding hydrogens is 259 g/mol. The molecule has 1 amide bonds. The summed E-state index contributed by atoms with van der Waals surface area (Å²) in [5.74, 6) is 1.52. The van der Waals surface area contributed by atoms with E-state index >= 15 is 0 Å². The van der Waals surface area contributed by atoms with Gasteiger partial charge < -0.3 is 10.1 Å². The summed E-state index contributed by atoms with van der Waals surface area (Å²) in [6.45, 7) is 0.368. The standard InChI is InChI=1S/C13H12F3NO2/c1-2-3-4-8-17-12(18)10-6-5-7-11(9-10)19-13(14,15)16/h1,5-7,9H,3-4,8H2,(H,17,18). The Morgan fingerprint density at radius 2 is 2.16 bits per heavy atom. The lowest BCUT2D eigenvalue weighted by atomic mass is 10.2. The molecule has 1 rings (SSSR count). The summed E-state index contributed by atoms with van der Waals surface area (Å²) in [5, 5.41) is 2.55. The van der Waals surface area contributed by atoms with Crippen LogP contribution in [0.1, 0.15) is 23.2 Å². The van der Waals surface area contributed by atoms with E-state index in [4.69, 9.17) is 6.42 Å². The van der Waals surface area contributed by atoms with Gasteiger partial charge in [0.25, 0.3) is 5.91 Å². The van der Waals surface area contributed by atoms with E-state index in [2.05, 4.69) is 16.0 Å². The van der Waals surface area contributed by atoms with Crippen LogP contribution in [0.2, 0.25) is 0 Å². The summed E-state index contributed by atoms with van der Waals surface area (Å²) < 4.78 is 39.8. The van der Waals surface area contributed by atoms with Gasteiger partial charge in [0.05, 0.1) is 0 Å². The third kappa shape index (κ3) is 5.82.